The number of nitrogens with two attached hydrogens (primary N) is 1. The summed E-state index contributed by atoms with van der Waals surface area (Å²) in [6, 6.07) is 5.55. The lowest BCUT2D eigenvalue weighted by Gasteiger charge is -2.19. The largest absolute Gasteiger partial charge is 0.493 e. The molecule has 0 saturated carbocycles. The third-order valence-electron chi connectivity index (χ3n) is 3.20. The van der Waals surface area contributed by atoms with Crippen LogP contribution >= 0.6 is 0 Å². The number of hydrogen-bond acceptors (Lipinski definition) is 5. The summed E-state index contributed by atoms with van der Waals surface area (Å²) in [6.07, 6.45) is 0.759. The molecular weight excluding hydrogens is 290 g/mol. The second kappa shape index (κ2) is 7.13. The van der Waals surface area contributed by atoms with Crippen molar-refractivity contribution in [1.29, 1.82) is 0 Å². The highest BCUT2D eigenvalue weighted by Gasteiger charge is 2.28. The van der Waals surface area contributed by atoms with Crippen molar-refractivity contribution in [2.75, 3.05) is 26.0 Å². The van der Waals surface area contributed by atoms with E-state index < -0.39 is 14.6 Å². The molecule has 0 heterocycles. The Balaban J connectivity index is 2.72. The molecule has 120 valence electrons. The minimum atomic E-state index is -3.19. The molecule has 0 atom stereocenters. The van der Waals surface area contributed by atoms with Crippen molar-refractivity contribution in [2.45, 2.75) is 31.9 Å². The summed E-state index contributed by atoms with van der Waals surface area (Å²) in [5.41, 5.74) is 6.58. The summed E-state index contributed by atoms with van der Waals surface area (Å²) in [6.45, 7) is 5.72. The number of hydrogen-bond donors (Lipinski definition) is 1. The molecule has 0 aromatic heterocycles. The molecule has 1 rings (SSSR count). The minimum absolute atomic E-state index is 0.0236. The third kappa shape index (κ3) is 4.89. The zero-order chi connectivity index (χ0) is 16.1. The molecule has 0 spiro atoms. The zero-order valence-electron chi connectivity index (χ0n) is 13.2. The molecule has 0 aliphatic carbocycles. The van der Waals surface area contributed by atoms with Crippen LogP contribution in [0.25, 0.3) is 0 Å². The quantitative estimate of drug-likeness (QED) is 0.830. The van der Waals surface area contributed by atoms with Gasteiger partial charge in [0.1, 0.15) is 6.61 Å². The van der Waals surface area contributed by atoms with Gasteiger partial charge < -0.3 is 15.2 Å². The lowest BCUT2D eigenvalue weighted by Crippen LogP contribution is -2.32. The first-order valence-corrected chi connectivity index (χ1v) is 8.58. The molecule has 1 aromatic rings. The molecule has 5 nitrogen and oxygen atoms in total. The summed E-state index contributed by atoms with van der Waals surface area (Å²) >= 11 is 0. The van der Waals surface area contributed by atoms with E-state index in [4.69, 9.17) is 15.2 Å². The lowest BCUT2D eigenvalue weighted by atomic mass is 10.1. The first-order chi connectivity index (χ1) is 9.71. The average Bonchev–Trinajstić information content (AvgIpc) is 2.39. The van der Waals surface area contributed by atoms with Crippen molar-refractivity contribution in [3.05, 3.63) is 23.8 Å². The van der Waals surface area contributed by atoms with E-state index in [0.29, 0.717) is 18.0 Å². The average molecular weight is 315 g/mol. The van der Waals surface area contributed by atoms with Crippen LogP contribution in [0.3, 0.4) is 0 Å². The Labute approximate surface area is 127 Å². The van der Waals surface area contributed by atoms with Gasteiger partial charge in [-0.25, -0.2) is 8.42 Å². The van der Waals surface area contributed by atoms with Crippen molar-refractivity contribution in [3.63, 3.8) is 0 Å². The molecule has 0 radical (unpaired) electrons. The molecule has 0 unspecified atom stereocenters. The topological polar surface area (TPSA) is 78.6 Å². The van der Waals surface area contributed by atoms with Gasteiger partial charge in [0.15, 0.2) is 21.3 Å². The third-order valence-corrected chi connectivity index (χ3v) is 5.77. The van der Waals surface area contributed by atoms with Crippen molar-refractivity contribution >= 4 is 9.84 Å². The van der Waals surface area contributed by atoms with E-state index in [9.17, 15) is 8.42 Å². The smallest absolute Gasteiger partial charge is 0.161 e. The van der Waals surface area contributed by atoms with Gasteiger partial charge in [0.05, 0.1) is 17.6 Å². The van der Waals surface area contributed by atoms with Crippen molar-refractivity contribution in [3.8, 4) is 11.5 Å². The van der Waals surface area contributed by atoms with Crippen LogP contribution in [0.1, 0.15) is 26.3 Å². The zero-order valence-corrected chi connectivity index (χ0v) is 14.0. The Hall–Kier alpha value is -1.27. The van der Waals surface area contributed by atoms with E-state index in [1.54, 1.807) is 33.9 Å². The molecule has 0 aliphatic heterocycles. The number of ether oxygens (including phenoxy) is 2. The van der Waals surface area contributed by atoms with Gasteiger partial charge in [0.2, 0.25) is 0 Å². The fourth-order valence-corrected chi connectivity index (χ4v) is 2.64. The number of rotatable bonds is 7. The van der Waals surface area contributed by atoms with Crippen LogP contribution in [-0.4, -0.2) is 39.2 Å². The van der Waals surface area contributed by atoms with Crippen LogP contribution < -0.4 is 15.2 Å². The molecule has 21 heavy (non-hydrogen) atoms. The Morgan fingerprint density at radius 3 is 2.38 bits per heavy atom. The van der Waals surface area contributed by atoms with Crippen LogP contribution in [-0.2, 0) is 16.3 Å². The van der Waals surface area contributed by atoms with Gasteiger partial charge in [-0.05, 0) is 51.4 Å². The summed E-state index contributed by atoms with van der Waals surface area (Å²) < 4.78 is 34.1. The van der Waals surface area contributed by atoms with Gasteiger partial charge in [-0.3, -0.25) is 0 Å². The predicted molar refractivity (Wildman–Crippen MR) is 84.8 cm³/mol. The van der Waals surface area contributed by atoms with E-state index in [1.165, 1.54) is 0 Å². The maximum atomic E-state index is 12.0. The number of benzene rings is 1. The summed E-state index contributed by atoms with van der Waals surface area (Å²) in [4.78, 5) is 0. The fourth-order valence-electron chi connectivity index (χ4n) is 1.72. The van der Waals surface area contributed by atoms with Gasteiger partial charge in [-0.15, -0.1) is 0 Å². The number of methoxy groups -OCH3 is 1. The lowest BCUT2D eigenvalue weighted by molar-refractivity contribution is 0.310. The van der Waals surface area contributed by atoms with E-state index in [-0.39, 0.29) is 12.4 Å². The highest BCUT2D eigenvalue weighted by atomic mass is 32.2. The summed E-state index contributed by atoms with van der Waals surface area (Å²) in [5.74, 6) is 1.11. The standard InChI is InChI=1S/C15H25NO4S/c1-15(2,3)21(17,18)10-9-20-13-6-5-12(7-8-16)11-14(13)19-4/h5-6,11H,7-10,16H2,1-4H3. The highest BCUT2D eigenvalue weighted by Crippen LogP contribution is 2.28. The highest BCUT2D eigenvalue weighted by molar-refractivity contribution is 7.92. The first kappa shape index (κ1) is 17.8. The van der Waals surface area contributed by atoms with Gasteiger partial charge in [0.25, 0.3) is 0 Å². The minimum Gasteiger partial charge on any atom is -0.493 e. The fraction of sp³-hybridized carbons (Fsp3) is 0.600. The molecule has 1 aromatic carbocycles. The molecular formula is C15H25NO4S. The van der Waals surface area contributed by atoms with E-state index in [0.717, 1.165) is 12.0 Å². The summed E-state index contributed by atoms with van der Waals surface area (Å²) in [5, 5.41) is 0. The van der Waals surface area contributed by atoms with Crippen LogP contribution in [0.4, 0.5) is 0 Å². The van der Waals surface area contributed by atoms with Crippen molar-refractivity contribution < 1.29 is 17.9 Å². The molecule has 0 saturated heterocycles. The van der Waals surface area contributed by atoms with Gasteiger partial charge in [0, 0.05) is 0 Å². The van der Waals surface area contributed by atoms with Crippen LogP contribution in [0.2, 0.25) is 0 Å². The number of sulfone groups is 1. The van der Waals surface area contributed by atoms with E-state index in [1.807, 2.05) is 12.1 Å². The Morgan fingerprint density at radius 2 is 1.86 bits per heavy atom. The Bertz CT molecular complexity index is 562. The van der Waals surface area contributed by atoms with Crippen LogP contribution in [0.5, 0.6) is 11.5 Å². The van der Waals surface area contributed by atoms with Crippen molar-refractivity contribution in [2.24, 2.45) is 5.73 Å². The molecule has 0 bridgehead atoms. The maximum Gasteiger partial charge on any atom is 0.161 e. The monoisotopic (exact) mass is 315 g/mol. The van der Waals surface area contributed by atoms with Crippen LogP contribution in [0.15, 0.2) is 18.2 Å². The SMILES string of the molecule is COc1cc(CCN)ccc1OCCS(=O)(=O)C(C)(C)C. The predicted octanol–water partition coefficient (Wildman–Crippen LogP) is 1.79. The molecule has 2 N–H and O–H groups in total. The summed E-state index contributed by atoms with van der Waals surface area (Å²) in [7, 11) is -1.63. The van der Waals surface area contributed by atoms with Gasteiger partial charge in [-0.1, -0.05) is 6.07 Å². The Kier molecular flexibility index (Phi) is 6.04. The van der Waals surface area contributed by atoms with Crippen molar-refractivity contribution in [1.82, 2.24) is 0 Å². The first-order valence-electron chi connectivity index (χ1n) is 6.93. The maximum absolute atomic E-state index is 12.0. The Morgan fingerprint density at radius 1 is 1.19 bits per heavy atom. The van der Waals surface area contributed by atoms with E-state index >= 15 is 0 Å². The van der Waals surface area contributed by atoms with Crippen LogP contribution in [0, 0.1) is 0 Å². The second-order valence-corrected chi connectivity index (χ2v) is 8.67. The molecule has 0 aliphatic rings. The normalized spacial score (nSPS) is 12.2. The second-order valence-electron chi connectivity index (χ2n) is 5.80. The van der Waals surface area contributed by atoms with E-state index in [2.05, 4.69) is 0 Å². The van der Waals surface area contributed by atoms with Gasteiger partial charge in [-0.2, -0.15) is 0 Å². The van der Waals surface area contributed by atoms with Gasteiger partial charge >= 0.3 is 0 Å². The molecule has 0 fully saturated rings. The molecule has 6 heteroatoms. The molecule has 0 amide bonds.